The first-order chi connectivity index (χ1) is 6.18. The molecule has 0 bridgehead atoms. The van der Waals surface area contributed by atoms with Gasteiger partial charge in [-0.3, -0.25) is 9.79 Å². The maximum atomic E-state index is 11.2. The van der Waals surface area contributed by atoms with Gasteiger partial charge in [-0.15, -0.1) is 0 Å². The summed E-state index contributed by atoms with van der Waals surface area (Å²) in [5.41, 5.74) is 1.58. The molecule has 0 spiro atoms. The maximum Gasteiger partial charge on any atom is 0.279 e. The Hall–Kier alpha value is -1.65. The monoisotopic (exact) mass is 176 g/mol. The fourth-order valence-corrected chi connectivity index (χ4v) is 1.14. The Morgan fingerprint density at radius 3 is 2.85 bits per heavy atom. The lowest BCUT2D eigenvalue weighted by atomic mass is 10.1. The minimum Gasteiger partial charge on any atom is -0.269 e. The fourth-order valence-electron chi connectivity index (χ4n) is 1.14. The molecule has 0 aromatic carbocycles. The Morgan fingerprint density at radius 2 is 2.08 bits per heavy atom. The van der Waals surface area contributed by atoms with Crippen molar-refractivity contribution in [2.45, 2.75) is 19.9 Å². The van der Waals surface area contributed by atoms with Crippen LogP contribution in [0.2, 0.25) is 0 Å². The molecule has 1 atom stereocenters. The van der Waals surface area contributed by atoms with Gasteiger partial charge in [0, 0.05) is 0 Å². The lowest BCUT2D eigenvalue weighted by Crippen LogP contribution is -2.34. The predicted octanol–water partition coefficient (Wildman–Crippen LogP) is 0.257. The third kappa shape index (κ3) is 1.22. The van der Waals surface area contributed by atoms with Gasteiger partial charge in [0.05, 0.1) is 11.4 Å². The minimum absolute atomic E-state index is 0.291. The number of nitrogens with zero attached hydrogens (tertiary/aromatic N) is 4. The smallest absolute Gasteiger partial charge is 0.269 e. The van der Waals surface area contributed by atoms with Crippen molar-refractivity contribution in [2.75, 3.05) is 0 Å². The van der Waals surface area contributed by atoms with Gasteiger partial charge in [0.25, 0.3) is 5.91 Å². The van der Waals surface area contributed by atoms with Crippen LogP contribution in [0.15, 0.2) is 20.0 Å². The summed E-state index contributed by atoms with van der Waals surface area (Å²) >= 11 is 0. The van der Waals surface area contributed by atoms with Gasteiger partial charge in [-0.25, -0.2) is 9.98 Å². The molecule has 0 saturated carbocycles. The minimum atomic E-state index is -0.603. The molecule has 2 rings (SSSR count). The second kappa shape index (κ2) is 2.69. The average molecular weight is 176 g/mol. The third-order valence-electron chi connectivity index (χ3n) is 1.98. The van der Waals surface area contributed by atoms with Crippen LogP contribution < -0.4 is 0 Å². The van der Waals surface area contributed by atoms with Crippen LogP contribution in [0.1, 0.15) is 13.8 Å². The summed E-state index contributed by atoms with van der Waals surface area (Å²) in [5, 5.41) is 0. The molecule has 2 aliphatic heterocycles. The van der Waals surface area contributed by atoms with Crippen LogP contribution >= 0.6 is 0 Å². The Labute approximate surface area is 75.0 Å². The van der Waals surface area contributed by atoms with Gasteiger partial charge in [-0.2, -0.15) is 4.99 Å². The van der Waals surface area contributed by atoms with E-state index in [1.54, 1.807) is 0 Å². The van der Waals surface area contributed by atoms with Gasteiger partial charge in [0.1, 0.15) is 6.34 Å². The summed E-state index contributed by atoms with van der Waals surface area (Å²) in [5.74, 6) is 0.156. The largest absolute Gasteiger partial charge is 0.279 e. The molecular formula is C8H8N4O. The standard InChI is InChI=1S/C8H8N4O/c1-4-5(2)12-7-6(11-4)8(13)10-3-9-7/h3,6H,1-2H3. The molecule has 1 amide bonds. The summed E-state index contributed by atoms with van der Waals surface area (Å²) < 4.78 is 0. The van der Waals surface area contributed by atoms with Gasteiger partial charge in [0.2, 0.25) is 0 Å². The number of aliphatic imine (C=N–C) groups is 4. The van der Waals surface area contributed by atoms with Crippen LogP contribution in [0.25, 0.3) is 0 Å². The van der Waals surface area contributed by atoms with Crippen molar-refractivity contribution in [3.8, 4) is 0 Å². The fraction of sp³-hybridized carbons (Fsp3) is 0.375. The molecule has 2 aliphatic rings. The van der Waals surface area contributed by atoms with E-state index < -0.39 is 6.04 Å². The lowest BCUT2D eigenvalue weighted by Gasteiger charge is -2.17. The van der Waals surface area contributed by atoms with E-state index in [4.69, 9.17) is 0 Å². The van der Waals surface area contributed by atoms with E-state index in [-0.39, 0.29) is 5.91 Å². The second-order valence-electron chi connectivity index (χ2n) is 2.88. The highest BCUT2D eigenvalue weighted by Crippen LogP contribution is 2.10. The molecule has 5 nitrogen and oxygen atoms in total. The lowest BCUT2D eigenvalue weighted by molar-refractivity contribution is -0.117. The van der Waals surface area contributed by atoms with Crippen LogP contribution in [0.3, 0.4) is 0 Å². The van der Waals surface area contributed by atoms with E-state index in [1.807, 2.05) is 13.8 Å². The highest BCUT2D eigenvalue weighted by molar-refractivity contribution is 6.45. The SMILES string of the molecule is CC1=NC2=NC=NC(=O)C2N=C1C. The first kappa shape index (κ1) is 7.97. The molecule has 0 aliphatic carbocycles. The van der Waals surface area contributed by atoms with E-state index in [9.17, 15) is 4.79 Å². The topological polar surface area (TPSA) is 66.5 Å². The van der Waals surface area contributed by atoms with E-state index in [1.165, 1.54) is 6.34 Å². The molecule has 13 heavy (non-hydrogen) atoms. The zero-order chi connectivity index (χ0) is 9.42. The zero-order valence-electron chi connectivity index (χ0n) is 7.35. The molecule has 0 radical (unpaired) electrons. The number of hydrogen-bond acceptors (Lipinski definition) is 4. The molecular weight excluding hydrogens is 168 g/mol. The van der Waals surface area contributed by atoms with Crippen molar-refractivity contribution in [1.29, 1.82) is 0 Å². The van der Waals surface area contributed by atoms with Crippen molar-refractivity contribution >= 4 is 29.5 Å². The van der Waals surface area contributed by atoms with Gasteiger partial charge in [-0.05, 0) is 13.8 Å². The quantitative estimate of drug-likeness (QED) is 0.522. The Bertz CT molecular complexity index is 389. The highest BCUT2D eigenvalue weighted by atomic mass is 16.1. The molecule has 5 heteroatoms. The maximum absolute atomic E-state index is 11.2. The molecule has 2 heterocycles. The highest BCUT2D eigenvalue weighted by Gasteiger charge is 2.28. The van der Waals surface area contributed by atoms with Crippen molar-refractivity contribution in [3.63, 3.8) is 0 Å². The zero-order valence-corrected chi connectivity index (χ0v) is 7.35. The number of amides is 1. The van der Waals surface area contributed by atoms with Crippen LogP contribution in [-0.4, -0.2) is 35.5 Å². The van der Waals surface area contributed by atoms with Crippen molar-refractivity contribution in [3.05, 3.63) is 0 Å². The molecule has 0 aromatic rings. The Kier molecular flexibility index (Phi) is 1.65. The van der Waals surface area contributed by atoms with E-state index in [0.717, 1.165) is 11.4 Å². The third-order valence-corrected chi connectivity index (χ3v) is 1.98. The average Bonchev–Trinajstić information content (AvgIpc) is 2.09. The molecule has 0 aromatic heterocycles. The summed E-state index contributed by atoms with van der Waals surface area (Å²) in [7, 11) is 0. The number of hydrogen-bond donors (Lipinski definition) is 0. The molecule has 0 fully saturated rings. The van der Waals surface area contributed by atoms with Crippen LogP contribution in [0.5, 0.6) is 0 Å². The Balaban J connectivity index is 2.47. The number of rotatable bonds is 0. The summed E-state index contributed by atoms with van der Waals surface area (Å²) in [6.45, 7) is 3.66. The van der Waals surface area contributed by atoms with E-state index >= 15 is 0 Å². The first-order valence-electron chi connectivity index (χ1n) is 3.92. The van der Waals surface area contributed by atoms with Crippen molar-refractivity contribution < 1.29 is 4.79 Å². The predicted molar refractivity (Wildman–Crippen MR) is 50.9 cm³/mol. The first-order valence-corrected chi connectivity index (χ1v) is 3.92. The van der Waals surface area contributed by atoms with Crippen LogP contribution in [-0.2, 0) is 4.79 Å². The van der Waals surface area contributed by atoms with E-state index in [2.05, 4.69) is 20.0 Å². The number of fused-ring (bicyclic) bond motifs is 1. The summed E-state index contributed by atoms with van der Waals surface area (Å²) in [6, 6.07) is -0.603. The van der Waals surface area contributed by atoms with Crippen LogP contribution in [0, 0.1) is 0 Å². The molecule has 0 N–H and O–H groups in total. The molecule has 0 saturated heterocycles. The van der Waals surface area contributed by atoms with E-state index in [0.29, 0.717) is 5.84 Å². The summed E-state index contributed by atoms with van der Waals surface area (Å²) in [6.07, 6.45) is 1.22. The second-order valence-corrected chi connectivity index (χ2v) is 2.88. The van der Waals surface area contributed by atoms with Gasteiger partial charge < -0.3 is 0 Å². The number of carbonyl (C=O) groups excluding carboxylic acids is 1. The Morgan fingerprint density at radius 1 is 1.31 bits per heavy atom. The van der Waals surface area contributed by atoms with Crippen molar-refractivity contribution in [2.24, 2.45) is 20.0 Å². The van der Waals surface area contributed by atoms with Gasteiger partial charge >= 0.3 is 0 Å². The number of amidine groups is 1. The van der Waals surface area contributed by atoms with Crippen LogP contribution in [0.4, 0.5) is 0 Å². The number of carbonyl (C=O) groups is 1. The normalized spacial score (nSPS) is 26.2. The van der Waals surface area contributed by atoms with Gasteiger partial charge in [0.15, 0.2) is 11.9 Å². The molecule has 66 valence electrons. The molecule has 1 unspecified atom stereocenters. The van der Waals surface area contributed by atoms with Gasteiger partial charge in [-0.1, -0.05) is 0 Å². The summed E-state index contributed by atoms with van der Waals surface area (Å²) in [4.78, 5) is 27.0. The van der Waals surface area contributed by atoms with Crippen molar-refractivity contribution in [1.82, 2.24) is 0 Å².